The number of likely N-dealkylation sites (tertiary alicyclic amines) is 1. The van der Waals surface area contributed by atoms with Crippen LogP contribution < -0.4 is 5.32 Å². The summed E-state index contributed by atoms with van der Waals surface area (Å²) in [6.45, 7) is 2.63. The van der Waals surface area contributed by atoms with E-state index < -0.39 is 0 Å². The molecule has 0 radical (unpaired) electrons. The van der Waals surface area contributed by atoms with Gasteiger partial charge in [-0.05, 0) is 50.6 Å². The van der Waals surface area contributed by atoms with Crippen molar-refractivity contribution in [1.82, 2.24) is 25.0 Å². The van der Waals surface area contributed by atoms with E-state index in [2.05, 4.69) is 15.4 Å². The van der Waals surface area contributed by atoms with Crippen LogP contribution in [0.2, 0.25) is 0 Å². The lowest BCUT2D eigenvalue weighted by molar-refractivity contribution is 0.0674. The van der Waals surface area contributed by atoms with Gasteiger partial charge in [0.1, 0.15) is 12.7 Å². The van der Waals surface area contributed by atoms with Gasteiger partial charge in [0.2, 0.25) is 0 Å². The zero-order chi connectivity index (χ0) is 15.4. The van der Waals surface area contributed by atoms with Crippen LogP contribution in [0.1, 0.15) is 23.2 Å². The highest BCUT2D eigenvalue weighted by Crippen LogP contribution is 2.19. The van der Waals surface area contributed by atoms with Crippen molar-refractivity contribution in [3.05, 3.63) is 42.5 Å². The third-order valence-corrected chi connectivity index (χ3v) is 4.08. The Morgan fingerprint density at radius 2 is 2.36 bits per heavy atom. The van der Waals surface area contributed by atoms with Crippen LogP contribution in [0, 0.1) is 5.92 Å². The molecule has 2 aromatic rings. The lowest BCUT2D eigenvalue weighted by atomic mass is 9.97. The van der Waals surface area contributed by atoms with Crippen LogP contribution in [0.4, 0.5) is 0 Å². The molecule has 1 saturated heterocycles. The Labute approximate surface area is 130 Å². The van der Waals surface area contributed by atoms with E-state index in [0.29, 0.717) is 11.5 Å². The van der Waals surface area contributed by atoms with Gasteiger partial charge in [-0.3, -0.25) is 4.79 Å². The molecular formula is C16H21N5O. The molecular weight excluding hydrogens is 278 g/mol. The molecule has 1 unspecified atom stereocenters. The summed E-state index contributed by atoms with van der Waals surface area (Å²) < 4.78 is 1.66. The predicted molar refractivity (Wildman–Crippen MR) is 83.9 cm³/mol. The van der Waals surface area contributed by atoms with Crippen molar-refractivity contribution in [2.24, 2.45) is 5.92 Å². The molecule has 1 aliphatic rings. The topological polar surface area (TPSA) is 63.1 Å². The van der Waals surface area contributed by atoms with Gasteiger partial charge in [0.15, 0.2) is 0 Å². The number of amides is 1. The normalized spacial score (nSPS) is 18.4. The van der Waals surface area contributed by atoms with E-state index in [1.54, 1.807) is 11.0 Å². The highest BCUT2D eigenvalue weighted by atomic mass is 16.2. The zero-order valence-electron chi connectivity index (χ0n) is 12.8. The molecule has 2 heterocycles. The first-order chi connectivity index (χ1) is 10.8. The Morgan fingerprint density at radius 3 is 3.14 bits per heavy atom. The van der Waals surface area contributed by atoms with Crippen LogP contribution in [0.3, 0.4) is 0 Å². The van der Waals surface area contributed by atoms with Crippen molar-refractivity contribution < 1.29 is 4.79 Å². The van der Waals surface area contributed by atoms with E-state index in [0.717, 1.165) is 31.7 Å². The molecule has 1 fully saturated rings. The molecule has 0 aliphatic carbocycles. The predicted octanol–water partition coefficient (Wildman–Crippen LogP) is 1.34. The maximum atomic E-state index is 12.7. The molecule has 0 spiro atoms. The highest BCUT2D eigenvalue weighted by Gasteiger charge is 2.24. The van der Waals surface area contributed by atoms with Gasteiger partial charge in [-0.2, -0.15) is 5.10 Å². The van der Waals surface area contributed by atoms with Crippen LogP contribution in [-0.4, -0.2) is 52.3 Å². The summed E-state index contributed by atoms with van der Waals surface area (Å²) in [4.78, 5) is 18.6. The average Bonchev–Trinajstić information content (AvgIpc) is 3.09. The Hall–Kier alpha value is -2.21. The van der Waals surface area contributed by atoms with E-state index in [4.69, 9.17) is 0 Å². The summed E-state index contributed by atoms with van der Waals surface area (Å²) in [5, 5.41) is 7.32. The van der Waals surface area contributed by atoms with Crippen molar-refractivity contribution in [2.45, 2.75) is 12.8 Å². The molecule has 116 valence electrons. The second-order valence-corrected chi connectivity index (χ2v) is 5.71. The third kappa shape index (κ3) is 3.17. The number of nitrogens with one attached hydrogen (secondary N) is 1. The average molecular weight is 299 g/mol. The third-order valence-electron chi connectivity index (χ3n) is 4.08. The van der Waals surface area contributed by atoms with Crippen molar-refractivity contribution in [3.8, 4) is 5.69 Å². The maximum absolute atomic E-state index is 12.7. The maximum Gasteiger partial charge on any atom is 0.253 e. The van der Waals surface area contributed by atoms with Gasteiger partial charge in [-0.15, -0.1) is 0 Å². The number of benzene rings is 1. The number of carbonyl (C=O) groups excluding carboxylic acids is 1. The summed E-state index contributed by atoms with van der Waals surface area (Å²) in [7, 11) is 1.96. The Morgan fingerprint density at radius 1 is 1.45 bits per heavy atom. The second kappa shape index (κ2) is 6.70. The van der Waals surface area contributed by atoms with Crippen molar-refractivity contribution in [2.75, 3.05) is 26.7 Å². The monoisotopic (exact) mass is 299 g/mol. The van der Waals surface area contributed by atoms with E-state index in [1.165, 1.54) is 12.7 Å². The summed E-state index contributed by atoms with van der Waals surface area (Å²) in [5.41, 5.74) is 1.56. The van der Waals surface area contributed by atoms with Gasteiger partial charge in [0.05, 0.1) is 5.69 Å². The summed E-state index contributed by atoms with van der Waals surface area (Å²) in [6, 6.07) is 7.55. The quantitative estimate of drug-likeness (QED) is 0.925. The molecule has 1 aliphatic heterocycles. The fourth-order valence-electron chi connectivity index (χ4n) is 3.01. The van der Waals surface area contributed by atoms with E-state index in [-0.39, 0.29) is 5.91 Å². The number of hydrogen-bond acceptors (Lipinski definition) is 4. The lowest BCUT2D eigenvalue weighted by Crippen LogP contribution is -2.42. The van der Waals surface area contributed by atoms with Crippen molar-refractivity contribution in [3.63, 3.8) is 0 Å². The summed E-state index contributed by atoms with van der Waals surface area (Å²) in [5.74, 6) is 0.643. The molecule has 6 nitrogen and oxygen atoms in total. The first-order valence-electron chi connectivity index (χ1n) is 7.67. The van der Waals surface area contributed by atoms with E-state index >= 15 is 0 Å². The second-order valence-electron chi connectivity index (χ2n) is 5.71. The van der Waals surface area contributed by atoms with Gasteiger partial charge in [0.25, 0.3) is 5.91 Å². The minimum absolute atomic E-state index is 0.0998. The molecule has 1 aromatic heterocycles. The molecule has 6 heteroatoms. The minimum atomic E-state index is 0.0998. The number of aromatic nitrogens is 3. The molecule has 3 rings (SSSR count). The standard InChI is InChI=1S/C16H21N5O/c1-17-9-13-4-3-7-20(10-13)16(22)14-5-2-6-15(8-14)21-12-18-11-19-21/h2,5-6,8,11-13,17H,3-4,7,9-10H2,1H3. The van der Waals surface area contributed by atoms with Crippen LogP contribution in [0.5, 0.6) is 0 Å². The van der Waals surface area contributed by atoms with Crippen molar-refractivity contribution >= 4 is 5.91 Å². The van der Waals surface area contributed by atoms with Crippen LogP contribution in [-0.2, 0) is 0 Å². The number of hydrogen-bond donors (Lipinski definition) is 1. The molecule has 1 N–H and O–H groups in total. The Kier molecular flexibility index (Phi) is 4.48. The first kappa shape index (κ1) is 14.7. The number of nitrogens with zero attached hydrogens (tertiary/aromatic N) is 4. The summed E-state index contributed by atoms with van der Waals surface area (Å²) in [6.07, 6.45) is 5.37. The highest BCUT2D eigenvalue weighted by molar-refractivity contribution is 5.94. The lowest BCUT2D eigenvalue weighted by Gasteiger charge is -2.32. The van der Waals surface area contributed by atoms with Crippen LogP contribution in [0.25, 0.3) is 5.69 Å². The number of piperidine rings is 1. The van der Waals surface area contributed by atoms with Gasteiger partial charge in [-0.1, -0.05) is 6.07 Å². The fraction of sp³-hybridized carbons (Fsp3) is 0.438. The minimum Gasteiger partial charge on any atom is -0.338 e. The van der Waals surface area contributed by atoms with Crippen molar-refractivity contribution in [1.29, 1.82) is 0 Å². The Bertz CT molecular complexity index is 623. The SMILES string of the molecule is CNCC1CCCN(C(=O)c2cccc(-n3cncn3)c2)C1. The van der Waals surface area contributed by atoms with Crippen LogP contribution >= 0.6 is 0 Å². The fourth-order valence-corrected chi connectivity index (χ4v) is 3.01. The van der Waals surface area contributed by atoms with E-state index in [9.17, 15) is 4.79 Å². The molecule has 0 saturated carbocycles. The smallest absolute Gasteiger partial charge is 0.253 e. The number of rotatable bonds is 4. The van der Waals surface area contributed by atoms with Gasteiger partial charge < -0.3 is 10.2 Å². The van der Waals surface area contributed by atoms with Gasteiger partial charge in [-0.25, -0.2) is 9.67 Å². The molecule has 22 heavy (non-hydrogen) atoms. The number of carbonyl (C=O) groups is 1. The molecule has 1 atom stereocenters. The largest absolute Gasteiger partial charge is 0.338 e. The van der Waals surface area contributed by atoms with Gasteiger partial charge >= 0.3 is 0 Å². The molecule has 1 amide bonds. The molecule has 1 aromatic carbocycles. The molecule has 0 bridgehead atoms. The van der Waals surface area contributed by atoms with E-state index in [1.807, 2.05) is 36.2 Å². The first-order valence-corrected chi connectivity index (χ1v) is 7.67. The van der Waals surface area contributed by atoms with Gasteiger partial charge in [0, 0.05) is 18.7 Å². The Balaban J connectivity index is 1.76. The summed E-state index contributed by atoms with van der Waals surface area (Å²) >= 11 is 0. The zero-order valence-corrected chi connectivity index (χ0v) is 12.8. The van der Waals surface area contributed by atoms with Crippen LogP contribution in [0.15, 0.2) is 36.9 Å².